The second-order valence-electron chi connectivity index (χ2n) is 12.1. The average Bonchev–Trinajstić information content (AvgIpc) is 3.51. The zero-order chi connectivity index (χ0) is 31.5. The van der Waals surface area contributed by atoms with E-state index in [-0.39, 0.29) is 11.8 Å². The third-order valence-corrected chi connectivity index (χ3v) is 8.41. The van der Waals surface area contributed by atoms with Crippen molar-refractivity contribution in [2.75, 3.05) is 6.61 Å². The molecule has 0 fully saturated rings. The van der Waals surface area contributed by atoms with Gasteiger partial charge in [-0.05, 0) is 65.8 Å². The van der Waals surface area contributed by atoms with Crippen LogP contribution in [0, 0.1) is 5.92 Å². The fraction of sp³-hybridized carbons (Fsp3) is 0.351. The lowest BCUT2D eigenvalue weighted by molar-refractivity contribution is -0.139. The number of carboxylic acid groups (broad SMARTS) is 1. The molecule has 0 bridgehead atoms. The summed E-state index contributed by atoms with van der Waals surface area (Å²) in [6.45, 7) is 9.27. The number of aliphatic carboxylic acids is 1. The minimum Gasteiger partial charge on any atom is -0.494 e. The maximum Gasteiger partial charge on any atom is 0.312 e. The Morgan fingerprint density at radius 1 is 0.909 bits per heavy atom. The number of carbonyl (C=O) groups excluding carboxylic acids is 1. The summed E-state index contributed by atoms with van der Waals surface area (Å²) in [5.41, 5.74) is 5.22. The lowest BCUT2D eigenvalue weighted by atomic mass is 9.87. The Morgan fingerprint density at radius 2 is 1.57 bits per heavy atom. The molecular formula is C37H42N2O4S. The van der Waals surface area contributed by atoms with Crippen LogP contribution in [0.1, 0.15) is 81.3 Å². The van der Waals surface area contributed by atoms with Crippen LogP contribution in [0.15, 0.2) is 83.2 Å². The van der Waals surface area contributed by atoms with E-state index >= 15 is 0 Å². The van der Waals surface area contributed by atoms with E-state index in [0.29, 0.717) is 5.56 Å². The molecule has 1 aromatic heterocycles. The number of unbranched alkanes of at least 4 members (excludes halogenated alkanes) is 4. The van der Waals surface area contributed by atoms with E-state index in [4.69, 9.17) is 9.72 Å². The number of hydrogen-bond acceptors (Lipinski definition) is 5. The second kappa shape index (κ2) is 15.6. The normalized spacial score (nSPS) is 12.4. The molecular weight excluding hydrogens is 568 g/mol. The van der Waals surface area contributed by atoms with Gasteiger partial charge in [0.25, 0.3) is 5.91 Å². The minimum atomic E-state index is -1.03. The van der Waals surface area contributed by atoms with Gasteiger partial charge in [0, 0.05) is 28.3 Å². The molecule has 0 aliphatic heterocycles. The molecule has 1 unspecified atom stereocenters. The van der Waals surface area contributed by atoms with E-state index in [1.165, 1.54) is 31.9 Å². The van der Waals surface area contributed by atoms with Crippen molar-refractivity contribution in [2.24, 2.45) is 10.9 Å². The van der Waals surface area contributed by atoms with Crippen molar-refractivity contribution < 1.29 is 19.4 Å². The quantitative estimate of drug-likeness (QED) is 0.114. The van der Waals surface area contributed by atoms with Crippen LogP contribution in [-0.2, 0) is 16.6 Å². The first-order valence-electron chi connectivity index (χ1n) is 15.3. The summed E-state index contributed by atoms with van der Waals surface area (Å²) in [7, 11) is 0. The van der Waals surface area contributed by atoms with Gasteiger partial charge in [0.05, 0.1) is 18.2 Å². The van der Waals surface area contributed by atoms with Crippen LogP contribution < -0.4 is 4.74 Å². The molecule has 0 radical (unpaired) electrons. The smallest absolute Gasteiger partial charge is 0.312 e. The number of thiazole rings is 1. The highest BCUT2D eigenvalue weighted by atomic mass is 32.1. The van der Waals surface area contributed by atoms with Crippen LogP contribution >= 0.6 is 11.3 Å². The third kappa shape index (κ3) is 9.45. The number of carbonyl (C=O) groups is 2. The number of benzene rings is 3. The number of rotatable bonds is 14. The molecule has 6 nitrogen and oxygen atoms in total. The Hall–Kier alpha value is -4.10. The predicted molar refractivity (Wildman–Crippen MR) is 180 cm³/mol. The number of ether oxygens (including phenoxy) is 1. The average molecular weight is 611 g/mol. The monoisotopic (exact) mass is 610 g/mol. The molecule has 1 heterocycles. The first-order chi connectivity index (χ1) is 21.1. The Balaban J connectivity index is 1.33. The van der Waals surface area contributed by atoms with E-state index in [2.05, 4.69) is 32.7 Å². The second-order valence-corrected chi connectivity index (χ2v) is 12.9. The van der Waals surface area contributed by atoms with Gasteiger partial charge in [-0.3, -0.25) is 9.59 Å². The van der Waals surface area contributed by atoms with Crippen molar-refractivity contribution in [3.05, 3.63) is 94.9 Å². The van der Waals surface area contributed by atoms with E-state index in [1.54, 1.807) is 23.5 Å². The van der Waals surface area contributed by atoms with Gasteiger partial charge in [-0.25, -0.2) is 9.98 Å². The zero-order valence-electron chi connectivity index (χ0n) is 26.1. The fourth-order valence-electron chi connectivity index (χ4n) is 4.74. The van der Waals surface area contributed by atoms with Crippen molar-refractivity contribution >= 4 is 29.4 Å². The molecule has 4 aromatic rings. The fourth-order valence-corrected chi connectivity index (χ4v) is 5.58. The van der Waals surface area contributed by atoms with Gasteiger partial charge in [-0.15, -0.1) is 11.3 Å². The SMILES string of the molecule is CCCCCCCOc1ccc(-c2nc(-c3ccc(CC(C=NC(=O)c4ccc(C(C)(C)C)cc4)C(=O)O)cc3)cs2)cc1. The lowest BCUT2D eigenvalue weighted by Crippen LogP contribution is -2.18. The van der Waals surface area contributed by atoms with Crippen LogP contribution in [0.2, 0.25) is 0 Å². The highest BCUT2D eigenvalue weighted by Gasteiger charge is 2.18. The predicted octanol–water partition coefficient (Wildman–Crippen LogP) is 9.28. The van der Waals surface area contributed by atoms with Gasteiger partial charge in [0.2, 0.25) is 0 Å². The summed E-state index contributed by atoms with van der Waals surface area (Å²) in [5.74, 6) is -1.52. The standard InChI is InChI=1S/C37H42N2O4S/c1-5-6-7-8-9-22-43-32-20-16-29(17-21-32)35-39-33(25-44-35)27-12-10-26(11-13-27)23-30(36(41)42)24-38-34(40)28-14-18-31(19-15-28)37(2,3)4/h10-21,24-25,30H,5-9,22-23H2,1-4H3,(H,41,42). The first kappa shape index (κ1) is 32.8. The van der Waals surface area contributed by atoms with Gasteiger partial charge >= 0.3 is 5.97 Å². The third-order valence-electron chi connectivity index (χ3n) is 7.51. The summed E-state index contributed by atoms with van der Waals surface area (Å²) < 4.78 is 5.89. The summed E-state index contributed by atoms with van der Waals surface area (Å²) in [6.07, 6.45) is 7.55. The molecule has 44 heavy (non-hydrogen) atoms. The van der Waals surface area contributed by atoms with Gasteiger partial charge in [0.1, 0.15) is 10.8 Å². The Bertz CT molecular complexity index is 1530. The zero-order valence-corrected chi connectivity index (χ0v) is 26.9. The Labute approximate surface area is 264 Å². The van der Waals surface area contributed by atoms with Gasteiger partial charge < -0.3 is 9.84 Å². The van der Waals surface area contributed by atoms with Crippen molar-refractivity contribution in [2.45, 2.75) is 71.6 Å². The van der Waals surface area contributed by atoms with Crippen molar-refractivity contribution in [1.29, 1.82) is 0 Å². The summed E-state index contributed by atoms with van der Waals surface area (Å²) >= 11 is 1.58. The van der Waals surface area contributed by atoms with Crippen LogP contribution in [0.25, 0.3) is 21.8 Å². The van der Waals surface area contributed by atoms with E-state index in [0.717, 1.165) is 51.7 Å². The highest BCUT2D eigenvalue weighted by Crippen LogP contribution is 2.30. The molecule has 0 saturated heterocycles. The van der Waals surface area contributed by atoms with Gasteiger partial charge in [-0.2, -0.15) is 0 Å². The summed E-state index contributed by atoms with van der Waals surface area (Å²) in [5, 5.41) is 12.7. The van der Waals surface area contributed by atoms with E-state index in [1.807, 2.05) is 66.0 Å². The summed E-state index contributed by atoms with van der Waals surface area (Å²) in [6, 6.07) is 23.1. The van der Waals surface area contributed by atoms with Gasteiger partial charge in [0.15, 0.2) is 0 Å². The maximum absolute atomic E-state index is 12.6. The maximum atomic E-state index is 12.6. The number of aromatic nitrogens is 1. The molecule has 1 atom stereocenters. The molecule has 1 amide bonds. The molecule has 230 valence electrons. The van der Waals surface area contributed by atoms with Gasteiger partial charge in [-0.1, -0.05) is 89.8 Å². The number of amides is 1. The van der Waals surface area contributed by atoms with E-state index < -0.39 is 17.8 Å². The molecule has 7 heteroatoms. The van der Waals surface area contributed by atoms with Crippen molar-refractivity contribution in [3.63, 3.8) is 0 Å². The lowest BCUT2D eigenvalue weighted by Gasteiger charge is -2.18. The van der Waals surface area contributed by atoms with Crippen molar-refractivity contribution in [1.82, 2.24) is 4.98 Å². The minimum absolute atomic E-state index is 0.0225. The molecule has 0 aliphatic rings. The molecule has 4 rings (SSSR count). The Kier molecular flexibility index (Phi) is 11.6. The number of aliphatic imine (C=N–C) groups is 1. The molecule has 0 saturated carbocycles. The topological polar surface area (TPSA) is 88.9 Å². The molecule has 3 aromatic carbocycles. The van der Waals surface area contributed by atoms with Crippen LogP contribution in [0.3, 0.4) is 0 Å². The Morgan fingerprint density at radius 3 is 2.20 bits per heavy atom. The van der Waals surface area contributed by atoms with Crippen LogP contribution in [-0.4, -0.2) is 34.8 Å². The largest absolute Gasteiger partial charge is 0.494 e. The van der Waals surface area contributed by atoms with Crippen molar-refractivity contribution in [3.8, 4) is 27.6 Å². The number of hydrogen-bond donors (Lipinski definition) is 1. The molecule has 0 aliphatic carbocycles. The number of carboxylic acids is 1. The summed E-state index contributed by atoms with van der Waals surface area (Å²) in [4.78, 5) is 33.3. The van der Waals surface area contributed by atoms with Crippen LogP contribution in [0.4, 0.5) is 0 Å². The van der Waals surface area contributed by atoms with Crippen LogP contribution in [0.5, 0.6) is 5.75 Å². The number of nitrogens with zero attached hydrogens (tertiary/aromatic N) is 2. The first-order valence-corrected chi connectivity index (χ1v) is 16.2. The van der Waals surface area contributed by atoms with E-state index in [9.17, 15) is 14.7 Å². The molecule has 0 spiro atoms. The highest BCUT2D eigenvalue weighted by molar-refractivity contribution is 7.13. The molecule has 1 N–H and O–H groups in total.